The molecule has 0 spiro atoms. The number of nitrogens with zero attached hydrogens (tertiary/aromatic N) is 1. The number of halogens is 1. The van der Waals surface area contributed by atoms with E-state index >= 15 is 0 Å². The molecule has 29 heavy (non-hydrogen) atoms. The number of hydrogen-bond donors (Lipinski definition) is 3. The van der Waals surface area contributed by atoms with Gasteiger partial charge < -0.3 is 16.0 Å². The molecule has 0 heterocycles. The van der Waals surface area contributed by atoms with Crippen LogP contribution in [0.25, 0.3) is 0 Å². The van der Waals surface area contributed by atoms with Crippen LogP contribution < -0.4 is 11.1 Å². The fourth-order valence-electron chi connectivity index (χ4n) is 2.72. The molecule has 8 heteroatoms. The first-order valence-corrected chi connectivity index (χ1v) is 10.2. The maximum absolute atomic E-state index is 13.3. The summed E-state index contributed by atoms with van der Waals surface area (Å²) in [5.41, 5.74) is 7.36. The van der Waals surface area contributed by atoms with Crippen molar-refractivity contribution < 1.29 is 9.59 Å². The van der Waals surface area contributed by atoms with Gasteiger partial charge in [0.1, 0.15) is 0 Å². The second-order valence-electron chi connectivity index (χ2n) is 7.08. The molecule has 154 valence electrons. The minimum absolute atomic E-state index is 0.0769. The lowest BCUT2D eigenvalue weighted by Crippen LogP contribution is -2.53. The van der Waals surface area contributed by atoms with Crippen molar-refractivity contribution >= 4 is 53.3 Å². The van der Waals surface area contributed by atoms with Crippen LogP contribution in [0.3, 0.4) is 0 Å². The third-order valence-electron chi connectivity index (χ3n) is 4.28. The zero-order valence-corrected chi connectivity index (χ0v) is 18.7. The molecule has 0 saturated carbocycles. The monoisotopic (exact) mass is 449 g/mol. The van der Waals surface area contributed by atoms with Crippen LogP contribution in [0.2, 0.25) is 5.02 Å². The van der Waals surface area contributed by atoms with E-state index in [0.29, 0.717) is 11.6 Å². The van der Waals surface area contributed by atoms with E-state index in [0.717, 1.165) is 11.1 Å². The van der Waals surface area contributed by atoms with Crippen molar-refractivity contribution in [1.82, 2.24) is 10.2 Å². The van der Waals surface area contributed by atoms with Crippen LogP contribution in [0.1, 0.15) is 25.0 Å². The number of carbonyl (C=O) groups is 2. The number of nitrogens with one attached hydrogen (secondary N) is 1. The van der Waals surface area contributed by atoms with Gasteiger partial charge in [-0.15, -0.1) is 0 Å². The van der Waals surface area contributed by atoms with Gasteiger partial charge in [-0.25, -0.2) is 0 Å². The number of hydrogen-bond acceptors (Lipinski definition) is 4. The van der Waals surface area contributed by atoms with Crippen LogP contribution in [0.4, 0.5) is 0 Å². The lowest BCUT2D eigenvalue weighted by atomic mass is 10.0. The number of amides is 2. The molecule has 2 rings (SSSR count). The van der Waals surface area contributed by atoms with E-state index in [-0.39, 0.29) is 11.5 Å². The Morgan fingerprint density at radius 2 is 1.72 bits per heavy atom. The highest BCUT2D eigenvalue weighted by molar-refractivity contribution is 7.81. The standard InChI is InChI=1S/C21H24ClN3O2S2/c1-21(2,29)25(13-15-6-4-3-5-7-15)20(27)17(18(23)26)19(28)24-12-14-8-10-16(22)11-9-14/h3-11,17,29H,12-13H2,1-2H3,(H2,23,26)(H,24,28). The van der Waals surface area contributed by atoms with E-state index in [4.69, 9.17) is 29.6 Å². The Kier molecular flexibility index (Phi) is 8.07. The minimum atomic E-state index is -1.28. The first-order chi connectivity index (χ1) is 13.6. The third-order valence-corrected chi connectivity index (χ3v) is 5.16. The zero-order valence-electron chi connectivity index (χ0n) is 16.3. The molecule has 0 bridgehead atoms. The molecule has 1 unspecified atom stereocenters. The molecule has 0 aliphatic carbocycles. The summed E-state index contributed by atoms with van der Waals surface area (Å²) in [5.74, 6) is -2.58. The number of nitrogens with two attached hydrogens (primary N) is 1. The predicted octanol–water partition coefficient (Wildman–Crippen LogP) is 3.55. The van der Waals surface area contributed by atoms with E-state index in [1.807, 2.05) is 42.5 Å². The Balaban J connectivity index is 2.18. The summed E-state index contributed by atoms with van der Waals surface area (Å²) in [6.45, 7) is 4.17. The first-order valence-electron chi connectivity index (χ1n) is 8.99. The highest BCUT2D eigenvalue weighted by Gasteiger charge is 2.37. The molecular weight excluding hydrogens is 426 g/mol. The van der Waals surface area contributed by atoms with Crippen molar-refractivity contribution in [2.24, 2.45) is 11.7 Å². The maximum Gasteiger partial charge on any atom is 0.243 e. The number of benzene rings is 2. The molecule has 2 amide bonds. The van der Waals surface area contributed by atoms with Crippen molar-refractivity contribution in [3.8, 4) is 0 Å². The highest BCUT2D eigenvalue weighted by atomic mass is 35.5. The van der Waals surface area contributed by atoms with Crippen molar-refractivity contribution in [3.05, 3.63) is 70.7 Å². The molecule has 0 aromatic heterocycles. The van der Waals surface area contributed by atoms with Crippen molar-refractivity contribution in [2.45, 2.75) is 31.8 Å². The first kappa shape index (κ1) is 23.2. The molecule has 0 aliphatic heterocycles. The van der Waals surface area contributed by atoms with Crippen molar-refractivity contribution in [3.63, 3.8) is 0 Å². The van der Waals surface area contributed by atoms with Crippen LogP contribution in [-0.2, 0) is 22.7 Å². The predicted molar refractivity (Wildman–Crippen MR) is 124 cm³/mol. The van der Waals surface area contributed by atoms with Gasteiger partial charge in [0.15, 0.2) is 5.92 Å². The van der Waals surface area contributed by atoms with Gasteiger partial charge in [-0.05, 0) is 37.1 Å². The Bertz CT molecular complexity index is 868. The number of carbonyl (C=O) groups excluding carboxylic acids is 2. The molecule has 2 aromatic carbocycles. The number of primary amides is 1. The fourth-order valence-corrected chi connectivity index (χ4v) is 3.30. The Morgan fingerprint density at radius 1 is 1.14 bits per heavy atom. The number of thiocarbonyl (C=S) groups is 1. The molecule has 2 aromatic rings. The third kappa shape index (κ3) is 6.73. The second kappa shape index (κ2) is 10.1. The largest absolute Gasteiger partial charge is 0.374 e. The lowest BCUT2D eigenvalue weighted by Gasteiger charge is -2.37. The fraction of sp³-hybridized carbons (Fsp3) is 0.286. The van der Waals surface area contributed by atoms with E-state index in [2.05, 4.69) is 17.9 Å². The summed E-state index contributed by atoms with van der Waals surface area (Å²) in [7, 11) is 0. The van der Waals surface area contributed by atoms with Crippen LogP contribution in [0.15, 0.2) is 54.6 Å². The van der Waals surface area contributed by atoms with Crippen LogP contribution in [-0.4, -0.2) is 26.6 Å². The molecule has 0 radical (unpaired) electrons. The van der Waals surface area contributed by atoms with Gasteiger partial charge in [0.2, 0.25) is 11.8 Å². The normalized spacial score (nSPS) is 12.1. The second-order valence-corrected chi connectivity index (χ2v) is 9.05. The van der Waals surface area contributed by atoms with Gasteiger partial charge in [0.25, 0.3) is 0 Å². The highest BCUT2D eigenvalue weighted by Crippen LogP contribution is 2.24. The van der Waals surface area contributed by atoms with Crippen LogP contribution in [0.5, 0.6) is 0 Å². The van der Waals surface area contributed by atoms with Gasteiger partial charge in [0, 0.05) is 18.1 Å². The summed E-state index contributed by atoms with van der Waals surface area (Å²) in [5, 5.41) is 3.59. The minimum Gasteiger partial charge on any atom is -0.374 e. The summed E-state index contributed by atoms with van der Waals surface area (Å²) < 4.78 is 0. The molecule has 0 aliphatic rings. The molecule has 0 saturated heterocycles. The molecule has 0 fully saturated rings. The quantitative estimate of drug-likeness (QED) is 0.249. The van der Waals surface area contributed by atoms with E-state index < -0.39 is 22.6 Å². The smallest absolute Gasteiger partial charge is 0.243 e. The van der Waals surface area contributed by atoms with E-state index in [9.17, 15) is 9.59 Å². The lowest BCUT2D eigenvalue weighted by molar-refractivity contribution is -0.140. The van der Waals surface area contributed by atoms with Crippen molar-refractivity contribution in [1.29, 1.82) is 0 Å². The maximum atomic E-state index is 13.3. The summed E-state index contributed by atoms with van der Waals surface area (Å²) >= 11 is 15.8. The Morgan fingerprint density at radius 3 is 2.24 bits per heavy atom. The summed E-state index contributed by atoms with van der Waals surface area (Å²) in [6, 6.07) is 16.6. The Labute approximate surface area is 187 Å². The van der Waals surface area contributed by atoms with Gasteiger partial charge in [-0.3, -0.25) is 9.59 Å². The van der Waals surface area contributed by atoms with E-state index in [1.165, 1.54) is 4.90 Å². The summed E-state index contributed by atoms with van der Waals surface area (Å²) in [4.78, 5) is 26.1. The zero-order chi connectivity index (χ0) is 21.6. The average Bonchev–Trinajstić information content (AvgIpc) is 2.65. The SMILES string of the molecule is CC(C)(S)N(Cc1ccccc1)C(=O)C(C(N)=O)C(=S)NCc1ccc(Cl)cc1. The Hall–Kier alpha value is -2.09. The molecule has 3 N–H and O–H groups in total. The van der Waals surface area contributed by atoms with E-state index in [1.54, 1.807) is 26.0 Å². The van der Waals surface area contributed by atoms with Crippen molar-refractivity contribution in [2.75, 3.05) is 0 Å². The van der Waals surface area contributed by atoms with Gasteiger partial charge in [-0.2, -0.15) is 12.6 Å². The average molecular weight is 450 g/mol. The van der Waals surface area contributed by atoms with Gasteiger partial charge in [0.05, 0.1) is 9.86 Å². The van der Waals surface area contributed by atoms with Crippen LogP contribution >= 0.6 is 36.4 Å². The van der Waals surface area contributed by atoms with Crippen LogP contribution in [0, 0.1) is 5.92 Å². The molecular formula is C21H24ClN3O2S2. The number of rotatable bonds is 8. The number of thiol groups is 1. The summed E-state index contributed by atoms with van der Waals surface area (Å²) in [6.07, 6.45) is 0. The van der Waals surface area contributed by atoms with Gasteiger partial charge in [-0.1, -0.05) is 66.3 Å². The van der Waals surface area contributed by atoms with Gasteiger partial charge >= 0.3 is 0 Å². The topological polar surface area (TPSA) is 75.4 Å². The molecule has 5 nitrogen and oxygen atoms in total. The molecule has 1 atom stereocenters.